The average Bonchev–Trinajstić information content (AvgIpc) is 2.58. The van der Waals surface area contributed by atoms with Crippen molar-refractivity contribution >= 4 is 11.7 Å². The number of aromatic nitrogens is 2. The monoisotopic (exact) mass is 320 g/mol. The van der Waals surface area contributed by atoms with Crippen LogP contribution in [0.2, 0.25) is 0 Å². The summed E-state index contributed by atoms with van der Waals surface area (Å²) in [6.07, 6.45) is 1.04. The first-order valence-electron chi connectivity index (χ1n) is 8.34. The van der Waals surface area contributed by atoms with E-state index in [1.165, 1.54) is 0 Å². The molecule has 128 valence electrons. The zero-order chi connectivity index (χ0) is 16.7. The maximum Gasteiger partial charge on any atom is 0.274 e. The number of anilines is 1. The van der Waals surface area contributed by atoms with Crippen molar-refractivity contribution in [1.82, 2.24) is 24.9 Å². The first kappa shape index (κ1) is 17.6. The van der Waals surface area contributed by atoms with Gasteiger partial charge in [0.25, 0.3) is 5.91 Å². The summed E-state index contributed by atoms with van der Waals surface area (Å²) >= 11 is 0. The lowest BCUT2D eigenvalue weighted by molar-refractivity contribution is 0.0636. The lowest BCUT2D eigenvalue weighted by atomic mass is 10.2. The Morgan fingerprint density at radius 3 is 2.52 bits per heavy atom. The van der Waals surface area contributed by atoms with Crippen molar-refractivity contribution in [3.8, 4) is 0 Å². The average molecular weight is 320 g/mol. The molecule has 1 aliphatic heterocycles. The Balaban J connectivity index is 1.81. The van der Waals surface area contributed by atoms with Gasteiger partial charge in [0.15, 0.2) is 5.69 Å². The normalized spacial score (nSPS) is 15.9. The highest BCUT2D eigenvalue weighted by Crippen LogP contribution is 2.08. The topological polar surface area (TPSA) is 64.6 Å². The number of amides is 1. The van der Waals surface area contributed by atoms with Crippen molar-refractivity contribution in [1.29, 1.82) is 0 Å². The minimum atomic E-state index is -0.0209. The third kappa shape index (κ3) is 5.44. The number of nitrogens with zero attached hydrogens (tertiary/aromatic N) is 5. The number of piperazine rings is 1. The van der Waals surface area contributed by atoms with Gasteiger partial charge < -0.3 is 20.0 Å². The standard InChI is InChI=1S/C16H28N6O/c1-4-21-10-12-22(13-11-21)16(23)14-6-7-15(19-18-14)17-8-5-9-20(2)3/h6-7H,4-5,8-13H2,1-3H3,(H,17,19). The predicted molar refractivity (Wildman–Crippen MR) is 91.7 cm³/mol. The second kappa shape index (κ2) is 8.79. The molecule has 0 atom stereocenters. The van der Waals surface area contributed by atoms with Gasteiger partial charge in [-0.15, -0.1) is 10.2 Å². The van der Waals surface area contributed by atoms with Gasteiger partial charge in [0.2, 0.25) is 0 Å². The SMILES string of the molecule is CCN1CCN(C(=O)c2ccc(NCCCN(C)C)nn2)CC1. The Kier molecular flexibility index (Phi) is 6.73. The van der Waals surface area contributed by atoms with E-state index in [2.05, 4.69) is 46.3 Å². The Bertz CT molecular complexity index is 482. The van der Waals surface area contributed by atoms with E-state index in [0.29, 0.717) is 5.69 Å². The molecular weight excluding hydrogens is 292 g/mol. The van der Waals surface area contributed by atoms with E-state index in [0.717, 1.165) is 58.1 Å². The number of nitrogens with one attached hydrogen (secondary N) is 1. The number of hydrogen-bond acceptors (Lipinski definition) is 6. The minimum Gasteiger partial charge on any atom is -0.369 e. The smallest absolute Gasteiger partial charge is 0.274 e. The van der Waals surface area contributed by atoms with E-state index in [9.17, 15) is 4.79 Å². The molecule has 7 nitrogen and oxygen atoms in total. The van der Waals surface area contributed by atoms with Crippen molar-refractivity contribution in [2.24, 2.45) is 0 Å². The summed E-state index contributed by atoms with van der Waals surface area (Å²) in [5.74, 6) is 0.698. The fraction of sp³-hybridized carbons (Fsp3) is 0.688. The van der Waals surface area contributed by atoms with Crippen LogP contribution in [0.1, 0.15) is 23.8 Å². The zero-order valence-electron chi connectivity index (χ0n) is 14.5. The molecule has 0 aliphatic carbocycles. The second-order valence-corrected chi connectivity index (χ2v) is 6.11. The molecule has 23 heavy (non-hydrogen) atoms. The van der Waals surface area contributed by atoms with Gasteiger partial charge in [-0.25, -0.2) is 0 Å². The summed E-state index contributed by atoms with van der Waals surface area (Å²) in [6.45, 7) is 8.45. The molecule has 0 radical (unpaired) electrons. The Morgan fingerprint density at radius 2 is 1.96 bits per heavy atom. The van der Waals surface area contributed by atoms with E-state index in [-0.39, 0.29) is 5.91 Å². The van der Waals surface area contributed by atoms with E-state index in [1.807, 2.05) is 11.0 Å². The highest BCUT2D eigenvalue weighted by molar-refractivity contribution is 5.92. The summed E-state index contributed by atoms with van der Waals surface area (Å²) in [5, 5.41) is 11.4. The van der Waals surface area contributed by atoms with E-state index in [4.69, 9.17) is 0 Å². The van der Waals surface area contributed by atoms with Gasteiger partial charge in [-0.2, -0.15) is 0 Å². The maximum atomic E-state index is 12.4. The van der Waals surface area contributed by atoms with Crippen LogP contribution in [0.15, 0.2) is 12.1 Å². The molecule has 1 N–H and O–H groups in total. The van der Waals surface area contributed by atoms with Crippen molar-refractivity contribution in [3.05, 3.63) is 17.8 Å². The minimum absolute atomic E-state index is 0.0209. The molecule has 0 spiro atoms. The van der Waals surface area contributed by atoms with Crippen LogP contribution in [0.25, 0.3) is 0 Å². The molecule has 1 aliphatic rings. The number of carbonyl (C=O) groups is 1. The number of rotatable bonds is 7. The molecule has 1 fully saturated rings. The lowest BCUT2D eigenvalue weighted by Gasteiger charge is -2.33. The molecule has 0 unspecified atom stereocenters. The first-order chi connectivity index (χ1) is 11.1. The highest BCUT2D eigenvalue weighted by Gasteiger charge is 2.22. The van der Waals surface area contributed by atoms with Gasteiger partial charge in [0.05, 0.1) is 0 Å². The molecule has 7 heteroatoms. The summed E-state index contributed by atoms with van der Waals surface area (Å²) in [5.41, 5.74) is 0.425. The van der Waals surface area contributed by atoms with Crippen LogP contribution in [-0.4, -0.2) is 90.7 Å². The van der Waals surface area contributed by atoms with Crippen molar-refractivity contribution in [2.75, 3.05) is 65.2 Å². The van der Waals surface area contributed by atoms with Crippen molar-refractivity contribution in [2.45, 2.75) is 13.3 Å². The molecular formula is C16H28N6O. The lowest BCUT2D eigenvalue weighted by Crippen LogP contribution is -2.48. The largest absolute Gasteiger partial charge is 0.369 e. The molecule has 2 heterocycles. The van der Waals surface area contributed by atoms with Crippen molar-refractivity contribution < 1.29 is 4.79 Å². The van der Waals surface area contributed by atoms with E-state index < -0.39 is 0 Å². The molecule has 1 aromatic heterocycles. The second-order valence-electron chi connectivity index (χ2n) is 6.11. The third-order valence-electron chi connectivity index (χ3n) is 4.08. The molecule has 2 rings (SSSR count). The first-order valence-corrected chi connectivity index (χ1v) is 8.34. The molecule has 1 aromatic rings. The van der Waals surface area contributed by atoms with Gasteiger partial charge in [-0.3, -0.25) is 4.79 Å². The summed E-state index contributed by atoms with van der Waals surface area (Å²) in [6, 6.07) is 3.59. The van der Waals surface area contributed by atoms with Crippen LogP contribution >= 0.6 is 0 Å². The van der Waals surface area contributed by atoms with Crippen LogP contribution in [-0.2, 0) is 0 Å². The quantitative estimate of drug-likeness (QED) is 0.743. The summed E-state index contributed by atoms with van der Waals surface area (Å²) in [4.78, 5) is 18.8. The Morgan fingerprint density at radius 1 is 1.22 bits per heavy atom. The van der Waals surface area contributed by atoms with Crippen LogP contribution < -0.4 is 5.32 Å². The van der Waals surface area contributed by atoms with E-state index in [1.54, 1.807) is 6.07 Å². The molecule has 1 amide bonds. The number of carbonyl (C=O) groups excluding carboxylic acids is 1. The Labute approximate surface area is 138 Å². The molecule has 1 saturated heterocycles. The van der Waals surface area contributed by atoms with Gasteiger partial charge in [0.1, 0.15) is 5.82 Å². The van der Waals surface area contributed by atoms with Gasteiger partial charge in [-0.05, 0) is 45.7 Å². The van der Waals surface area contributed by atoms with Crippen LogP contribution in [0, 0.1) is 0 Å². The number of likely N-dealkylation sites (N-methyl/N-ethyl adjacent to an activating group) is 1. The van der Waals surface area contributed by atoms with Crippen LogP contribution in [0.5, 0.6) is 0 Å². The number of hydrogen-bond donors (Lipinski definition) is 1. The molecule has 0 saturated carbocycles. The van der Waals surface area contributed by atoms with Crippen LogP contribution in [0.3, 0.4) is 0 Å². The fourth-order valence-corrected chi connectivity index (χ4v) is 2.58. The fourth-order valence-electron chi connectivity index (χ4n) is 2.58. The predicted octanol–water partition coefficient (Wildman–Crippen LogP) is 0.618. The Hall–Kier alpha value is -1.73. The summed E-state index contributed by atoms with van der Waals surface area (Å²) in [7, 11) is 4.11. The van der Waals surface area contributed by atoms with Gasteiger partial charge in [-0.1, -0.05) is 6.92 Å². The summed E-state index contributed by atoms with van der Waals surface area (Å²) < 4.78 is 0. The van der Waals surface area contributed by atoms with E-state index >= 15 is 0 Å². The molecule has 0 aromatic carbocycles. The highest BCUT2D eigenvalue weighted by atomic mass is 16.2. The van der Waals surface area contributed by atoms with Crippen molar-refractivity contribution in [3.63, 3.8) is 0 Å². The van der Waals surface area contributed by atoms with Gasteiger partial charge in [0, 0.05) is 32.7 Å². The maximum absolute atomic E-state index is 12.4. The third-order valence-corrected chi connectivity index (χ3v) is 4.08. The van der Waals surface area contributed by atoms with Crippen LogP contribution in [0.4, 0.5) is 5.82 Å². The zero-order valence-corrected chi connectivity index (χ0v) is 14.5. The van der Waals surface area contributed by atoms with Gasteiger partial charge >= 0.3 is 0 Å². The molecule has 0 bridgehead atoms.